The number of carbonyl (C=O) groups is 1. The zero-order chi connectivity index (χ0) is 17.8. The van der Waals surface area contributed by atoms with Gasteiger partial charge in [0.25, 0.3) is 0 Å². The maximum absolute atomic E-state index is 12.7. The minimum absolute atomic E-state index is 0.168. The van der Waals surface area contributed by atoms with Crippen molar-refractivity contribution in [2.24, 2.45) is 5.92 Å². The number of ether oxygens (including phenoxy) is 1. The lowest BCUT2D eigenvalue weighted by molar-refractivity contribution is -0.140. The fraction of sp³-hybridized carbons (Fsp3) is 0.409. The number of carbonyl (C=O) groups excluding carboxylic acids is 1. The lowest BCUT2D eigenvalue weighted by Crippen LogP contribution is -2.46. The second-order valence-electron chi connectivity index (χ2n) is 7.12. The Morgan fingerprint density at radius 2 is 1.54 bits per heavy atom. The predicted molar refractivity (Wildman–Crippen MR) is 104 cm³/mol. The number of hydrogen-bond donors (Lipinski definition) is 0. The van der Waals surface area contributed by atoms with E-state index in [0.29, 0.717) is 19.1 Å². The lowest BCUT2D eigenvalue weighted by Gasteiger charge is -2.36. The van der Waals surface area contributed by atoms with Gasteiger partial charge in [0.15, 0.2) is 0 Å². The number of benzene rings is 2. The molecule has 0 aromatic heterocycles. The Kier molecular flexibility index (Phi) is 5.21. The van der Waals surface area contributed by atoms with Gasteiger partial charge in [-0.05, 0) is 36.1 Å². The molecule has 0 radical (unpaired) electrons. The molecule has 2 saturated heterocycles. The van der Waals surface area contributed by atoms with Crippen LogP contribution in [0.3, 0.4) is 0 Å². The summed E-state index contributed by atoms with van der Waals surface area (Å²) in [7, 11) is 0. The van der Waals surface area contributed by atoms with Gasteiger partial charge in [-0.3, -0.25) is 4.79 Å². The van der Waals surface area contributed by atoms with Crippen LogP contribution in [0.25, 0.3) is 11.1 Å². The minimum Gasteiger partial charge on any atom is -0.378 e. The van der Waals surface area contributed by atoms with Crippen molar-refractivity contribution in [2.75, 3.05) is 44.3 Å². The molecule has 4 nitrogen and oxygen atoms in total. The third kappa shape index (κ3) is 3.75. The molecule has 4 heteroatoms. The molecule has 0 atom stereocenters. The van der Waals surface area contributed by atoms with E-state index in [-0.39, 0.29) is 5.92 Å². The Morgan fingerprint density at radius 1 is 0.846 bits per heavy atom. The Morgan fingerprint density at radius 3 is 2.27 bits per heavy atom. The summed E-state index contributed by atoms with van der Waals surface area (Å²) in [6.45, 7) is 4.74. The quantitative estimate of drug-likeness (QED) is 0.850. The van der Waals surface area contributed by atoms with E-state index < -0.39 is 0 Å². The van der Waals surface area contributed by atoms with E-state index in [1.807, 2.05) is 11.0 Å². The highest BCUT2D eigenvalue weighted by Gasteiger charge is 2.29. The van der Waals surface area contributed by atoms with Gasteiger partial charge < -0.3 is 14.5 Å². The number of hydrogen-bond acceptors (Lipinski definition) is 3. The van der Waals surface area contributed by atoms with Crippen LogP contribution in [0.1, 0.15) is 12.8 Å². The summed E-state index contributed by atoms with van der Waals surface area (Å²) in [5.41, 5.74) is 3.74. The Labute approximate surface area is 155 Å². The van der Waals surface area contributed by atoms with E-state index in [1.54, 1.807) is 0 Å². The van der Waals surface area contributed by atoms with Crippen LogP contribution in [0.5, 0.6) is 0 Å². The number of amides is 1. The van der Waals surface area contributed by atoms with E-state index in [4.69, 9.17) is 4.74 Å². The molecule has 0 unspecified atom stereocenters. The summed E-state index contributed by atoms with van der Waals surface area (Å²) in [4.78, 5) is 17.1. The number of nitrogens with zero attached hydrogens (tertiary/aromatic N) is 2. The average molecular weight is 350 g/mol. The molecule has 2 heterocycles. The fourth-order valence-electron chi connectivity index (χ4n) is 3.94. The summed E-state index contributed by atoms with van der Waals surface area (Å²) in [5.74, 6) is 0.493. The van der Waals surface area contributed by atoms with Gasteiger partial charge >= 0.3 is 0 Å². The van der Waals surface area contributed by atoms with Crippen LogP contribution in [0.2, 0.25) is 0 Å². The molecule has 2 fully saturated rings. The molecule has 0 N–H and O–H groups in total. The molecule has 0 aliphatic carbocycles. The average Bonchev–Trinajstić information content (AvgIpc) is 2.75. The number of piperidine rings is 1. The molecule has 1 amide bonds. The summed E-state index contributed by atoms with van der Waals surface area (Å²) in [6, 6.07) is 19.2. The zero-order valence-electron chi connectivity index (χ0n) is 15.1. The topological polar surface area (TPSA) is 32.8 Å². The normalized spacial score (nSPS) is 18.8. The molecule has 26 heavy (non-hydrogen) atoms. The molecule has 2 aromatic carbocycles. The van der Waals surface area contributed by atoms with Crippen molar-refractivity contribution in [3.8, 4) is 11.1 Å². The molecule has 136 valence electrons. The van der Waals surface area contributed by atoms with Crippen molar-refractivity contribution in [1.29, 1.82) is 0 Å². The van der Waals surface area contributed by atoms with Gasteiger partial charge in [-0.2, -0.15) is 0 Å². The third-order valence-corrected chi connectivity index (χ3v) is 5.49. The van der Waals surface area contributed by atoms with Crippen LogP contribution < -0.4 is 4.90 Å². The van der Waals surface area contributed by atoms with Crippen molar-refractivity contribution >= 4 is 11.6 Å². The Hall–Kier alpha value is -2.33. The maximum atomic E-state index is 12.7. The van der Waals surface area contributed by atoms with Gasteiger partial charge in [-0.15, -0.1) is 0 Å². The van der Waals surface area contributed by atoms with Crippen LogP contribution in [-0.2, 0) is 9.53 Å². The van der Waals surface area contributed by atoms with Gasteiger partial charge in [0.2, 0.25) is 5.91 Å². The molecular weight excluding hydrogens is 324 g/mol. The largest absolute Gasteiger partial charge is 0.378 e. The van der Waals surface area contributed by atoms with E-state index >= 15 is 0 Å². The molecule has 2 aliphatic rings. The number of anilines is 1. The summed E-state index contributed by atoms with van der Waals surface area (Å²) in [6.07, 6.45) is 1.87. The number of morpholine rings is 1. The Bertz CT molecular complexity index is 733. The highest BCUT2D eigenvalue weighted by Crippen LogP contribution is 2.28. The third-order valence-electron chi connectivity index (χ3n) is 5.49. The van der Waals surface area contributed by atoms with Crippen molar-refractivity contribution in [2.45, 2.75) is 12.8 Å². The van der Waals surface area contributed by atoms with Crippen molar-refractivity contribution in [3.05, 3.63) is 54.6 Å². The van der Waals surface area contributed by atoms with E-state index in [1.165, 1.54) is 16.8 Å². The summed E-state index contributed by atoms with van der Waals surface area (Å²) in [5, 5.41) is 0. The highest BCUT2D eigenvalue weighted by molar-refractivity contribution is 5.79. The maximum Gasteiger partial charge on any atom is 0.225 e. The molecular formula is C22H26N2O2. The fourth-order valence-corrected chi connectivity index (χ4v) is 3.94. The van der Waals surface area contributed by atoms with Crippen molar-refractivity contribution in [1.82, 2.24) is 4.90 Å². The second kappa shape index (κ2) is 7.92. The SMILES string of the molecule is O=C(C1CCN(c2cccc(-c3ccccc3)c2)CC1)N1CCOCC1. The van der Waals surface area contributed by atoms with Crippen LogP contribution in [0.15, 0.2) is 54.6 Å². The van der Waals surface area contributed by atoms with Crippen LogP contribution >= 0.6 is 0 Å². The van der Waals surface area contributed by atoms with Gasteiger partial charge in [-0.1, -0.05) is 42.5 Å². The molecule has 2 aromatic rings. The van der Waals surface area contributed by atoms with E-state index in [2.05, 4.69) is 53.4 Å². The predicted octanol–water partition coefficient (Wildman–Crippen LogP) is 3.43. The second-order valence-corrected chi connectivity index (χ2v) is 7.12. The first-order chi connectivity index (χ1) is 12.8. The van der Waals surface area contributed by atoms with Gasteiger partial charge in [0.05, 0.1) is 13.2 Å². The van der Waals surface area contributed by atoms with Gasteiger partial charge in [-0.25, -0.2) is 0 Å². The van der Waals surface area contributed by atoms with Crippen LogP contribution in [-0.4, -0.2) is 50.2 Å². The van der Waals surface area contributed by atoms with E-state index in [0.717, 1.165) is 39.0 Å². The lowest BCUT2D eigenvalue weighted by atomic mass is 9.94. The van der Waals surface area contributed by atoms with Crippen LogP contribution in [0.4, 0.5) is 5.69 Å². The first-order valence-electron chi connectivity index (χ1n) is 9.58. The van der Waals surface area contributed by atoms with Gasteiger partial charge in [0.1, 0.15) is 0 Å². The van der Waals surface area contributed by atoms with Crippen LogP contribution in [0, 0.1) is 5.92 Å². The molecule has 0 saturated carbocycles. The van der Waals surface area contributed by atoms with Crippen molar-refractivity contribution < 1.29 is 9.53 Å². The Balaban J connectivity index is 1.39. The standard InChI is InChI=1S/C22H26N2O2/c25-22(24-13-15-26-16-14-24)19-9-11-23(12-10-19)21-8-4-7-20(17-21)18-5-2-1-3-6-18/h1-8,17,19H,9-16H2. The first kappa shape index (κ1) is 17.1. The summed E-state index contributed by atoms with van der Waals surface area (Å²) < 4.78 is 5.36. The molecule has 4 rings (SSSR count). The van der Waals surface area contributed by atoms with Crippen molar-refractivity contribution in [3.63, 3.8) is 0 Å². The highest BCUT2D eigenvalue weighted by atomic mass is 16.5. The minimum atomic E-state index is 0.168. The zero-order valence-corrected chi connectivity index (χ0v) is 15.1. The van der Waals surface area contributed by atoms with E-state index in [9.17, 15) is 4.79 Å². The summed E-state index contributed by atoms with van der Waals surface area (Å²) >= 11 is 0. The molecule has 0 spiro atoms. The smallest absolute Gasteiger partial charge is 0.225 e. The number of rotatable bonds is 3. The molecule has 2 aliphatic heterocycles. The monoisotopic (exact) mass is 350 g/mol. The first-order valence-corrected chi connectivity index (χ1v) is 9.58. The van der Waals surface area contributed by atoms with Gasteiger partial charge in [0, 0.05) is 37.8 Å². The molecule has 0 bridgehead atoms.